The maximum atomic E-state index is 13.2. The Hall–Kier alpha value is -4.12. The summed E-state index contributed by atoms with van der Waals surface area (Å²) in [4.78, 5) is 17.5. The summed E-state index contributed by atoms with van der Waals surface area (Å²) < 4.78 is 5.56. The number of anilines is 2. The number of rotatable bonds is 8. The van der Waals surface area contributed by atoms with Crippen molar-refractivity contribution in [3.05, 3.63) is 108 Å². The number of aromatic nitrogens is 1. The molecule has 1 amide bonds. The molecule has 0 unspecified atom stereocenters. The van der Waals surface area contributed by atoms with Crippen molar-refractivity contribution in [2.45, 2.75) is 13.3 Å². The molecule has 1 aromatic heterocycles. The number of pyridine rings is 1. The predicted molar refractivity (Wildman–Crippen MR) is 134 cm³/mol. The Morgan fingerprint density at radius 3 is 2.33 bits per heavy atom. The van der Waals surface area contributed by atoms with Crippen LogP contribution in [0.3, 0.4) is 0 Å². The molecule has 5 heteroatoms. The van der Waals surface area contributed by atoms with Gasteiger partial charge in [0, 0.05) is 41.8 Å². The van der Waals surface area contributed by atoms with Crippen LogP contribution in [0.1, 0.15) is 21.6 Å². The van der Waals surface area contributed by atoms with Crippen LogP contribution in [0.2, 0.25) is 0 Å². The van der Waals surface area contributed by atoms with Crippen molar-refractivity contribution >= 4 is 17.3 Å². The Labute approximate surface area is 194 Å². The third kappa shape index (κ3) is 5.57. The SMILES string of the molecule is COc1cccc(C(=O)Nc2ccc(NCCc3ccccn3)cc2)c1-c1ccc(C)cc1. The smallest absolute Gasteiger partial charge is 0.256 e. The van der Waals surface area contributed by atoms with Crippen LogP contribution in [0.25, 0.3) is 11.1 Å². The lowest BCUT2D eigenvalue weighted by Crippen LogP contribution is -2.14. The molecule has 0 saturated heterocycles. The first-order valence-electron chi connectivity index (χ1n) is 10.9. The molecular weight excluding hydrogens is 410 g/mol. The Bertz CT molecular complexity index is 1200. The molecule has 0 atom stereocenters. The molecule has 0 radical (unpaired) electrons. The maximum absolute atomic E-state index is 13.2. The highest BCUT2D eigenvalue weighted by Crippen LogP contribution is 2.34. The van der Waals surface area contributed by atoms with Crippen LogP contribution in [0.5, 0.6) is 5.75 Å². The number of amides is 1. The summed E-state index contributed by atoms with van der Waals surface area (Å²) in [7, 11) is 1.62. The van der Waals surface area contributed by atoms with Gasteiger partial charge >= 0.3 is 0 Å². The van der Waals surface area contributed by atoms with Crippen molar-refractivity contribution in [1.82, 2.24) is 4.98 Å². The first kappa shape index (κ1) is 22.1. The van der Waals surface area contributed by atoms with E-state index in [2.05, 4.69) is 15.6 Å². The predicted octanol–water partition coefficient (Wildman–Crippen LogP) is 5.97. The summed E-state index contributed by atoms with van der Waals surface area (Å²) >= 11 is 0. The normalized spacial score (nSPS) is 10.5. The van der Waals surface area contributed by atoms with E-state index < -0.39 is 0 Å². The number of nitrogens with zero attached hydrogens (tertiary/aromatic N) is 1. The van der Waals surface area contributed by atoms with Gasteiger partial charge in [-0.2, -0.15) is 0 Å². The van der Waals surface area contributed by atoms with Crippen LogP contribution in [0.4, 0.5) is 11.4 Å². The monoisotopic (exact) mass is 437 g/mol. The second-order valence-corrected chi connectivity index (χ2v) is 7.78. The van der Waals surface area contributed by atoms with E-state index >= 15 is 0 Å². The van der Waals surface area contributed by atoms with Crippen molar-refractivity contribution in [3.8, 4) is 16.9 Å². The van der Waals surface area contributed by atoms with Gasteiger partial charge in [0.05, 0.1) is 12.7 Å². The van der Waals surface area contributed by atoms with Crippen molar-refractivity contribution < 1.29 is 9.53 Å². The lowest BCUT2D eigenvalue weighted by Gasteiger charge is -2.15. The average Bonchev–Trinajstić information content (AvgIpc) is 2.86. The third-order valence-corrected chi connectivity index (χ3v) is 5.41. The van der Waals surface area contributed by atoms with Crippen LogP contribution in [-0.2, 0) is 6.42 Å². The molecule has 33 heavy (non-hydrogen) atoms. The van der Waals surface area contributed by atoms with Gasteiger partial charge in [-0.3, -0.25) is 9.78 Å². The lowest BCUT2D eigenvalue weighted by atomic mass is 9.97. The number of carbonyl (C=O) groups excluding carboxylic acids is 1. The Kier molecular flexibility index (Phi) is 7.00. The number of benzene rings is 3. The fourth-order valence-electron chi connectivity index (χ4n) is 3.66. The molecule has 166 valence electrons. The Morgan fingerprint density at radius 2 is 1.64 bits per heavy atom. The van der Waals surface area contributed by atoms with E-state index in [1.165, 1.54) is 0 Å². The van der Waals surface area contributed by atoms with Crippen molar-refractivity contribution in [3.63, 3.8) is 0 Å². The number of ether oxygens (including phenoxy) is 1. The number of hydrogen-bond donors (Lipinski definition) is 2. The number of methoxy groups -OCH3 is 1. The number of hydrogen-bond acceptors (Lipinski definition) is 4. The fraction of sp³-hybridized carbons (Fsp3) is 0.143. The van der Waals surface area contributed by atoms with Crippen LogP contribution >= 0.6 is 0 Å². The van der Waals surface area contributed by atoms with Crippen molar-refractivity contribution in [2.75, 3.05) is 24.3 Å². The van der Waals surface area contributed by atoms with Crippen molar-refractivity contribution in [1.29, 1.82) is 0 Å². The minimum absolute atomic E-state index is 0.180. The minimum Gasteiger partial charge on any atom is -0.496 e. The third-order valence-electron chi connectivity index (χ3n) is 5.41. The topological polar surface area (TPSA) is 63.2 Å². The van der Waals surface area contributed by atoms with Gasteiger partial charge in [0.2, 0.25) is 0 Å². The van der Waals surface area contributed by atoms with Crippen LogP contribution in [0.15, 0.2) is 91.1 Å². The van der Waals surface area contributed by atoms with Gasteiger partial charge < -0.3 is 15.4 Å². The molecule has 0 fully saturated rings. The highest BCUT2D eigenvalue weighted by molar-refractivity contribution is 6.09. The quantitative estimate of drug-likeness (QED) is 0.356. The van der Waals surface area contributed by atoms with Gasteiger partial charge in [-0.25, -0.2) is 0 Å². The molecule has 0 saturated carbocycles. The first-order valence-corrected chi connectivity index (χ1v) is 10.9. The molecule has 4 aromatic rings. The highest BCUT2D eigenvalue weighted by Gasteiger charge is 2.17. The van der Waals surface area contributed by atoms with E-state index in [9.17, 15) is 4.79 Å². The molecule has 0 spiro atoms. The summed E-state index contributed by atoms with van der Waals surface area (Å²) in [5.74, 6) is 0.485. The molecule has 0 aliphatic carbocycles. The second kappa shape index (κ2) is 10.5. The van der Waals surface area contributed by atoms with Crippen LogP contribution in [0, 0.1) is 6.92 Å². The largest absolute Gasteiger partial charge is 0.496 e. The molecule has 0 bridgehead atoms. The number of aryl methyl sites for hydroxylation is 1. The fourth-order valence-corrected chi connectivity index (χ4v) is 3.66. The summed E-state index contributed by atoms with van der Waals surface area (Å²) in [6.07, 6.45) is 2.65. The minimum atomic E-state index is -0.180. The highest BCUT2D eigenvalue weighted by atomic mass is 16.5. The molecular formula is C28H27N3O2. The standard InChI is InChI=1S/C28H27N3O2/c1-20-9-11-21(12-10-20)27-25(7-5-8-26(27)33-2)28(32)31-24-15-13-23(14-16-24)30-19-17-22-6-3-4-18-29-22/h3-16,18,30H,17,19H2,1-2H3,(H,31,32). The van der Waals surface area contributed by atoms with Crippen molar-refractivity contribution in [2.24, 2.45) is 0 Å². The number of nitrogens with one attached hydrogen (secondary N) is 2. The molecule has 0 aliphatic rings. The Morgan fingerprint density at radius 1 is 0.879 bits per heavy atom. The van der Waals surface area contributed by atoms with Gasteiger partial charge in [0.1, 0.15) is 5.75 Å². The van der Waals surface area contributed by atoms with Gasteiger partial charge in [-0.05, 0) is 61.0 Å². The summed E-state index contributed by atoms with van der Waals surface area (Å²) in [5, 5.41) is 6.39. The van der Waals surface area contributed by atoms with E-state index in [-0.39, 0.29) is 5.91 Å². The average molecular weight is 438 g/mol. The van der Waals surface area contributed by atoms with Gasteiger partial charge in [-0.1, -0.05) is 42.0 Å². The number of carbonyl (C=O) groups is 1. The lowest BCUT2D eigenvalue weighted by molar-refractivity contribution is 0.102. The van der Waals surface area contributed by atoms with E-state index in [0.717, 1.165) is 46.7 Å². The van der Waals surface area contributed by atoms with E-state index in [1.54, 1.807) is 13.3 Å². The zero-order chi connectivity index (χ0) is 23.0. The maximum Gasteiger partial charge on any atom is 0.256 e. The summed E-state index contributed by atoms with van der Waals surface area (Å²) in [6.45, 7) is 2.82. The van der Waals surface area contributed by atoms with Gasteiger partial charge in [0.25, 0.3) is 5.91 Å². The van der Waals surface area contributed by atoms with E-state index in [0.29, 0.717) is 11.3 Å². The molecule has 1 heterocycles. The zero-order valence-electron chi connectivity index (χ0n) is 18.8. The zero-order valence-corrected chi connectivity index (χ0v) is 18.8. The van der Waals surface area contributed by atoms with Crippen LogP contribution in [-0.4, -0.2) is 24.5 Å². The molecule has 0 aliphatic heterocycles. The summed E-state index contributed by atoms with van der Waals surface area (Å²) in [5.41, 5.74) is 6.22. The summed E-state index contributed by atoms with van der Waals surface area (Å²) in [6, 6.07) is 27.2. The molecule has 5 nitrogen and oxygen atoms in total. The Balaban J connectivity index is 1.45. The molecule has 3 aromatic carbocycles. The van der Waals surface area contributed by atoms with Gasteiger partial charge in [-0.15, -0.1) is 0 Å². The first-order chi connectivity index (χ1) is 16.1. The molecule has 4 rings (SSSR count). The van der Waals surface area contributed by atoms with Crippen LogP contribution < -0.4 is 15.4 Å². The van der Waals surface area contributed by atoms with E-state index in [1.807, 2.05) is 91.9 Å². The van der Waals surface area contributed by atoms with E-state index in [4.69, 9.17) is 4.74 Å². The second-order valence-electron chi connectivity index (χ2n) is 7.78. The van der Waals surface area contributed by atoms with Gasteiger partial charge in [0.15, 0.2) is 0 Å². The molecule has 2 N–H and O–H groups in total.